The van der Waals surface area contributed by atoms with Crippen molar-refractivity contribution in [2.45, 2.75) is 6.61 Å². The standard InChI is InChI=1S/C10H8N2O2S/c13-10(8-2-1-3-11-6-8)14-7-9-12-4-5-15-9/h1-6H,7H2. The van der Waals surface area contributed by atoms with E-state index in [1.807, 2.05) is 5.38 Å². The van der Waals surface area contributed by atoms with Gasteiger partial charge in [-0.05, 0) is 12.1 Å². The number of carbonyl (C=O) groups is 1. The van der Waals surface area contributed by atoms with Gasteiger partial charge in [0.05, 0.1) is 5.56 Å². The number of hydrogen-bond acceptors (Lipinski definition) is 5. The second-order valence-corrected chi connectivity index (χ2v) is 3.72. The van der Waals surface area contributed by atoms with Crippen LogP contribution in [0.4, 0.5) is 0 Å². The van der Waals surface area contributed by atoms with Crippen LogP contribution in [0.1, 0.15) is 15.4 Å². The fourth-order valence-electron chi connectivity index (χ4n) is 1.02. The van der Waals surface area contributed by atoms with Crippen LogP contribution >= 0.6 is 11.3 Å². The van der Waals surface area contributed by atoms with Crippen LogP contribution in [-0.2, 0) is 11.3 Å². The summed E-state index contributed by atoms with van der Waals surface area (Å²) in [6, 6.07) is 3.36. The van der Waals surface area contributed by atoms with E-state index in [9.17, 15) is 4.79 Å². The third-order valence-corrected chi connectivity index (χ3v) is 2.46. The molecule has 0 saturated heterocycles. The Bertz CT molecular complexity index is 428. The van der Waals surface area contributed by atoms with Crippen molar-refractivity contribution in [1.82, 2.24) is 9.97 Å². The molecule has 0 aromatic carbocycles. The number of thiazole rings is 1. The summed E-state index contributed by atoms with van der Waals surface area (Å²) in [7, 11) is 0. The van der Waals surface area contributed by atoms with Crippen molar-refractivity contribution in [2.24, 2.45) is 0 Å². The molecule has 2 rings (SSSR count). The number of nitrogens with zero attached hydrogens (tertiary/aromatic N) is 2. The van der Waals surface area contributed by atoms with Crippen LogP contribution in [0.2, 0.25) is 0 Å². The highest BCUT2D eigenvalue weighted by atomic mass is 32.1. The van der Waals surface area contributed by atoms with Gasteiger partial charge in [0.2, 0.25) is 0 Å². The summed E-state index contributed by atoms with van der Waals surface area (Å²) in [5.41, 5.74) is 0.453. The van der Waals surface area contributed by atoms with Gasteiger partial charge in [0, 0.05) is 24.0 Å². The molecule has 2 heterocycles. The zero-order valence-electron chi connectivity index (χ0n) is 7.79. The van der Waals surface area contributed by atoms with Gasteiger partial charge >= 0.3 is 5.97 Å². The van der Waals surface area contributed by atoms with E-state index in [0.29, 0.717) is 5.56 Å². The van der Waals surface area contributed by atoms with Crippen molar-refractivity contribution in [2.75, 3.05) is 0 Å². The Morgan fingerprint density at radius 3 is 3.07 bits per heavy atom. The molecule has 0 aliphatic rings. The van der Waals surface area contributed by atoms with Gasteiger partial charge in [0.25, 0.3) is 0 Å². The van der Waals surface area contributed by atoms with Crippen LogP contribution in [0.5, 0.6) is 0 Å². The van der Waals surface area contributed by atoms with Crippen LogP contribution in [0, 0.1) is 0 Å². The van der Waals surface area contributed by atoms with E-state index in [2.05, 4.69) is 9.97 Å². The van der Waals surface area contributed by atoms with E-state index in [1.165, 1.54) is 17.5 Å². The molecule has 5 heteroatoms. The molecule has 15 heavy (non-hydrogen) atoms. The van der Waals surface area contributed by atoms with E-state index in [-0.39, 0.29) is 12.6 Å². The number of hydrogen-bond donors (Lipinski definition) is 0. The first-order chi connectivity index (χ1) is 7.36. The second kappa shape index (κ2) is 4.65. The highest BCUT2D eigenvalue weighted by molar-refractivity contribution is 7.09. The molecule has 76 valence electrons. The summed E-state index contributed by atoms with van der Waals surface area (Å²) in [5.74, 6) is -0.377. The summed E-state index contributed by atoms with van der Waals surface area (Å²) in [5, 5.41) is 2.62. The molecule has 0 aliphatic carbocycles. The maximum atomic E-state index is 11.5. The maximum absolute atomic E-state index is 11.5. The summed E-state index contributed by atoms with van der Waals surface area (Å²) in [4.78, 5) is 19.3. The average molecular weight is 220 g/mol. The van der Waals surface area contributed by atoms with E-state index < -0.39 is 0 Å². The van der Waals surface area contributed by atoms with Crippen LogP contribution in [0.25, 0.3) is 0 Å². The molecular formula is C10H8N2O2S. The van der Waals surface area contributed by atoms with Crippen molar-refractivity contribution in [3.63, 3.8) is 0 Å². The number of rotatable bonds is 3. The van der Waals surface area contributed by atoms with E-state index in [0.717, 1.165) is 5.01 Å². The van der Waals surface area contributed by atoms with E-state index >= 15 is 0 Å². The van der Waals surface area contributed by atoms with Crippen molar-refractivity contribution in [3.8, 4) is 0 Å². The van der Waals surface area contributed by atoms with Crippen molar-refractivity contribution < 1.29 is 9.53 Å². The Hall–Kier alpha value is -1.75. The maximum Gasteiger partial charge on any atom is 0.340 e. The smallest absolute Gasteiger partial charge is 0.340 e. The highest BCUT2D eigenvalue weighted by Crippen LogP contribution is 2.07. The lowest BCUT2D eigenvalue weighted by Gasteiger charge is -2.01. The van der Waals surface area contributed by atoms with Crippen molar-refractivity contribution >= 4 is 17.3 Å². The van der Waals surface area contributed by atoms with Gasteiger partial charge in [0.1, 0.15) is 11.6 Å². The lowest BCUT2D eigenvalue weighted by molar-refractivity contribution is 0.0472. The summed E-state index contributed by atoms with van der Waals surface area (Å²) < 4.78 is 5.04. The zero-order chi connectivity index (χ0) is 10.5. The Morgan fingerprint density at radius 1 is 1.47 bits per heavy atom. The SMILES string of the molecule is O=C(OCc1nccs1)c1cccnc1. The molecule has 0 aliphatic heterocycles. The second-order valence-electron chi connectivity index (χ2n) is 2.74. The summed E-state index contributed by atoms with van der Waals surface area (Å²) in [6.07, 6.45) is 4.76. The molecule has 0 saturated carbocycles. The van der Waals surface area contributed by atoms with Gasteiger partial charge in [-0.15, -0.1) is 11.3 Å². The van der Waals surface area contributed by atoms with Gasteiger partial charge < -0.3 is 4.74 Å². The molecule has 0 amide bonds. The lowest BCUT2D eigenvalue weighted by Crippen LogP contribution is -2.05. The molecule has 2 aromatic rings. The molecule has 4 nitrogen and oxygen atoms in total. The zero-order valence-corrected chi connectivity index (χ0v) is 8.61. The molecule has 2 aromatic heterocycles. The minimum atomic E-state index is -0.377. The molecule has 0 fully saturated rings. The molecule has 0 spiro atoms. The van der Waals surface area contributed by atoms with E-state index in [1.54, 1.807) is 24.5 Å². The first-order valence-corrected chi connectivity index (χ1v) is 5.20. The van der Waals surface area contributed by atoms with Gasteiger partial charge in [-0.3, -0.25) is 4.98 Å². The number of esters is 1. The third kappa shape index (κ3) is 2.60. The van der Waals surface area contributed by atoms with Crippen molar-refractivity contribution in [1.29, 1.82) is 0 Å². The van der Waals surface area contributed by atoms with Gasteiger partial charge in [-0.1, -0.05) is 0 Å². The fourth-order valence-corrected chi connectivity index (χ4v) is 1.55. The average Bonchev–Trinajstić information content (AvgIpc) is 2.80. The Morgan fingerprint density at radius 2 is 2.40 bits per heavy atom. The lowest BCUT2D eigenvalue weighted by atomic mass is 10.3. The van der Waals surface area contributed by atoms with Gasteiger partial charge in [-0.2, -0.15) is 0 Å². The minimum Gasteiger partial charge on any atom is -0.455 e. The largest absolute Gasteiger partial charge is 0.455 e. The molecule has 0 radical (unpaired) electrons. The Balaban J connectivity index is 1.94. The van der Waals surface area contributed by atoms with Gasteiger partial charge in [-0.25, -0.2) is 9.78 Å². The molecular weight excluding hydrogens is 212 g/mol. The van der Waals surface area contributed by atoms with Crippen LogP contribution in [0.15, 0.2) is 36.1 Å². The predicted octanol–water partition coefficient (Wildman–Crippen LogP) is 1.90. The van der Waals surface area contributed by atoms with Crippen molar-refractivity contribution in [3.05, 3.63) is 46.7 Å². The molecule has 0 unspecified atom stereocenters. The topological polar surface area (TPSA) is 52.1 Å². The third-order valence-electron chi connectivity index (χ3n) is 1.71. The number of carbonyl (C=O) groups excluding carboxylic acids is 1. The first-order valence-electron chi connectivity index (χ1n) is 4.32. The number of pyridine rings is 1. The monoisotopic (exact) mass is 220 g/mol. The predicted molar refractivity (Wildman–Crippen MR) is 55.5 cm³/mol. The molecule has 0 bridgehead atoms. The fraction of sp³-hybridized carbons (Fsp3) is 0.100. The minimum absolute atomic E-state index is 0.214. The normalized spacial score (nSPS) is 9.87. The van der Waals surface area contributed by atoms with E-state index in [4.69, 9.17) is 4.74 Å². The van der Waals surface area contributed by atoms with Crippen LogP contribution < -0.4 is 0 Å². The highest BCUT2D eigenvalue weighted by Gasteiger charge is 2.07. The Labute approximate surface area is 90.6 Å². The Kier molecular flexibility index (Phi) is 3.04. The first kappa shape index (κ1) is 9.79. The van der Waals surface area contributed by atoms with Gasteiger partial charge in [0.15, 0.2) is 0 Å². The quantitative estimate of drug-likeness (QED) is 0.741. The number of aromatic nitrogens is 2. The molecule has 0 N–H and O–H groups in total. The number of ether oxygens (including phenoxy) is 1. The van der Waals surface area contributed by atoms with Crippen LogP contribution in [0.3, 0.4) is 0 Å². The van der Waals surface area contributed by atoms with Crippen LogP contribution in [-0.4, -0.2) is 15.9 Å². The molecule has 0 atom stereocenters. The summed E-state index contributed by atoms with van der Waals surface area (Å²) in [6.45, 7) is 0.214. The summed E-state index contributed by atoms with van der Waals surface area (Å²) >= 11 is 1.46.